The first kappa shape index (κ1) is 12.1. The Labute approximate surface area is 109 Å². The summed E-state index contributed by atoms with van der Waals surface area (Å²) in [6.45, 7) is 2.00. The molecule has 0 saturated carbocycles. The molecule has 0 unspecified atom stereocenters. The highest BCUT2D eigenvalue weighted by molar-refractivity contribution is 9.10. The van der Waals surface area contributed by atoms with Crippen molar-refractivity contribution in [1.29, 1.82) is 0 Å². The zero-order chi connectivity index (χ0) is 12.3. The maximum atomic E-state index is 9.24. The molecule has 0 bridgehead atoms. The van der Waals surface area contributed by atoms with Crippen LogP contribution >= 0.6 is 15.9 Å². The van der Waals surface area contributed by atoms with Gasteiger partial charge in [-0.25, -0.2) is 0 Å². The van der Waals surface area contributed by atoms with E-state index in [4.69, 9.17) is 4.74 Å². The van der Waals surface area contributed by atoms with Crippen LogP contribution in [-0.2, 0) is 6.61 Å². The first-order valence-electron chi connectivity index (χ1n) is 5.33. The fourth-order valence-corrected chi connectivity index (χ4v) is 1.83. The Hall–Kier alpha value is -1.32. The maximum Gasteiger partial charge on any atom is 0.134 e. The van der Waals surface area contributed by atoms with Gasteiger partial charge in [0, 0.05) is 10.0 Å². The summed E-state index contributed by atoms with van der Waals surface area (Å²) in [5, 5.41) is 9.24. The molecule has 0 amide bonds. The zero-order valence-corrected chi connectivity index (χ0v) is 11.1. The molecule has 0 saturated heterocycles. The molecular formula is C14H13BrO2. The number of aliphatic hydroxyl groups excluding tert-OH is 1. The van der Waals surface area contributed by atoms with E-state index < -0.39 is 0 Å². The van der Waals surface area contributed by atoms with Gasteiger partial charge in [-0.05, 0) is 31.2 Å². The van der Waals surface area contributed by atoms with E-state index in [-0.39, 0.29) is 6.61 Å². The second kappa shape index (κ2) is 5.34. The molecule has 2 rings (SSSR count). The van der Waals surface area contributed by atoms with Crippen molar-refractivity contribution in [3.8, 4) is 11.5 Å². The standard InChI is InChI=1S/C14H13BrO2/c1-10-2-6-13(7-3-10)17-14-8-12(15)5-4-11(14)9-16/h2-8,16H,9H2,1H3. The van der Waals surface area contributed by atoms with Gasteiger partial charge < -0.3 is 9.84 Å². The van der Waals surface area contributed by atoms with Crippen LogP contribution < -0.4 is 4.74 Å². The zero-order valence-electron chi connectivity index (χ0n) is 9.48. The lowest BCUT2D eigenvalue weighted by Crippen LogP contribution is -1.91. The minimum absolute atomic E-state index is 0.0333. The Balaban J connectivity index is 2.28. The summed E-state index contributed by atoms with van der Waals surface area (Å²) in [4.78, 5) is 0. The smallest absolute Gasteiger partial charge is 0.134 e. The number of ether oxygens (including phenoxy) is 1. The van der Waals surface area contributed by atoms with Crippen molar-refractivity contribution >= 4 is 15.9 Å². The Kier molecular flexibility index (Phi) is 3.82. The number of rotatable bonds is 3. The van der Waals surface area contributed by atoms with Crippen LogP contribution in [0.25, 0.3) is 0 Å². The number of halogens is 1. The van der Waals surface area contributed by atoms with Gasteiger partial charge in [0.15, 0.2) is 0 Å². The predicted molar refractivity (Wildman–Crippen MR) is 71.3 cm³/mol. The van der Waals surface area contributed by atoms with Crippen molar-refractivity contribution in [2.45, 2.75) is 13.5 Å². The van der Waals surface area contributed by atoms with Crippen molar-refractivity contribution in [1.82, 2.24) is 0 Å². The second-order valence-corrected chi connectivity index (χ2v) is 4.74. The molecule has 0 radical (unpaired) electrons. The molecule has 0 fully saturated rings. The summed E-state index contributed by atoms with van der Waals surface area (Å²) >= 11 is 3.39. The molecule has 0 aliphatic heterocycles. The monoisotopic (exact) mass is 292 g/mol. The van der Waals surface area contributed by atoms with Crippen LogP contribution in [0.5, 0.6) is 11.5 Å². The number of aliphatic hydroxyl groups is 1. The summed E-state index contributed by atoms with van der Waals surface area (Å²) in [5.74, 6) is 1.44. The second-order valence-electron chi connectivity index (χ2n) is 3.83. The van der Waals surface area contributed by atoms with Crippen molar-refractivity contribution < 1.29 is 9.84 Å². The Morgan fingerprint density at radius 3 is 2.47 bits per heavy atom. The van der Waals surface area contributed by atoms with Crippen LogP contribution in [-0.4, -0.2) is 5.11 Å². The van der Waals surface area contributed by atoms with E-state index in [9.17, 15) is 5.11 Å². The summed E-state index contributed by atoms with van der Waals surface area (Å²) in [6.07, 6.45) is 0. The van der Waals surface area contributed by atoms with Crippen molar-refractivity contribution in [3.05, 3.63) is 58.1 Å². The van der Waals surface area contributed by atoms with Gasteiger partial charge in [0.05, 0.1) is 6.61 Å². The quantitative estimate of drug-likeness (QED) is 0.925. The Bertz CT molecular complexity index is 506. The molecule has 2 nitrogen and oxygen atoms in total. The van der Waals surface area contributed by atoms with Crippen LogP contribution in [0.15, 0.2) is 46.9 Å². The number of benzene rings is 2. The molecule has 3 heteroatoms. The lowest BCUT2D eigenvalue weighted by molar-refractivity contribution is 0.276. The summed E-state index contributed by atoms with van der Waals surface area (Å²) in [5.41, 5.74) is 1.96. The molecular weight excluding hydrogens is 280 g/mol. The molecule has 2 aromatic carbocycles. The van der Waals surface area contributed by atoms with Crippen molar-refractivity contribution in [2.75, 3.05) is 0 Å². The van der Waals surface area contributed by atoms with Crippen LogP contribution in [0.1, 0.15) is 11.1 Å². The van der Waals surface area contributed by atoms with E-state index in [1.165, 1.54) is 5.56 Å². The molecule has 17 heavy (non-hydrogen) atoms. The third-order valence-corrected chi connectivity index (χ3v) is 2.94. The van der Waals surface area contributed by atoms with Gasteiger partial charge in [-0.1, -0.05) is 39.7 Å². The number of aryl methyl sites for hydroxylation is 1. The number of hydrogen-bond acceptors (Lipinski definition) is 2. The van der Waals surface area contributed by atoms with Gasteiger partial charge in [-0.3, -0.25) is 0 Å². The molecule has 0 spiro atoms. The van der Waals surface area contributed by atoms with E-state index in [2.05, 4.69) is 15.9 Å². The third kappa shape index (κ3) is 3.08. The Morgan fingerprint density at radius 2 is 1.82 bits per heavy atom. The van der Waals surface area contributed by atoms with E-state index in [0.717, 1.165) is 15.8 Å². The Morgan fingerprint density at radius 1 is 1.12 bits per heavy atom. The highest BCUT2D eigenvalue weighted by Crippen LogP contribution is 2.28. The molecule has 0 aliphatic carbocycles. The summed E-state index contributed by atoms with van der Waals surface area (Å²) in [6, 6.07) is 13.4. The lowest BCUT2D eigenvalue weighted by Gasteiger charge is -2.10. The van der Waals surface area contributed by atoms with Gasteiger partial charge in [0.1, 0.15) is 11.5 Å². The molecule has 2 aromatic rings. The van der Waals surface area contributed by atoms with E-state index in [0.29, 0.717) is 5.75 Å². The van der Waals surface area contributed by atoms with E-state index in [1.807, 2.05) is 49.4 Å². The van der Waals surface area contributed by atoms with E-state index in [1.54, 1.807) is 0 Å². The maximum absolute atomic E-state index is 9.24. The minimum atomic E-state index is -0.0333. The third-order valence-electron chi connectivity index (χ3n) is 2.45. The highest BCUT2D eigenvalue weighted by Gasteiger charge is 2.05. The summed E-state index contributed by atoms with van der Waals surface area (Å²) in [7, 11) is 0. The summed E-state index contributed by atoms with van der Waals surface area (Å²) < 4.78 is 6.67. The van der Waals surface area contributed by atoms with Crippen molar-refractivity contribution in [3.63, 3.8) is 0 Å². The normalized spacial score (nSPS) is 10.3. The molecule has 88 valence electrons. The molecule has 0 heterocycles. The first-order chi connectivity index (χ1) is 8.19. The SMILES string of the molecule is Cc1ccc(Oc2cc(Br)ccc2CO)cc1. The van der Waals surface area contributed by atoms with E-state index >= 15 is 0 Å². The predicted octanol–water partition coefficient (Wildman–Crippen LogP) is 4.04. The molecule has 1 N–H and O–H groups in total. The van der Waals surface area contributed by atoms with Crippen LogP contribution in [0.2, 0.25) is 0 Å². The average Bonchev–Trinajstić information content (AvgIpc) is 2.32. The largest absolute Gasteiger partial charge is 0.457 e. The van der Waals surface area contributed by atoms with Gasteiger partial charge in [-0.2, -0.15) is 0 Å². The van der Waals surface area contributed by atoms with Gasteiger partial charge in [-0.15, -0.1) is 0 Å². The molecule has 0 aromatic heterocycles. The fourth-order valence-electron chi connectivity index (χ4n) is 1.49. The molecule has 0 atom stereocenters. The van der Waals surface area contributed by atoms with Crippen LogP contribution in [0.3, 0.4) is 0 Å². The van der Waals surface area contributed by atoms with Gasteiger partial charge >= 0.3 is 0 Å². The first-order valence-corrected chi connectivity index (χ1v) is 6.12. The number of hydrogen-bond donors (Lipinski definition) is 1. The van der Waals surface area contributed by atoms with Gasteiger partial charge in [0.25, 0.3) is 0 Å². The average molecular weight is 293 g/mol. The van der Waals surface area contributed by atoms with Crippen LogP contribution in [0.4, 0.5) is 0 Å². The van der Waals surface area contributed by atoms with Crippen molar-refractivity contribution in [2.24, 2.45) is 0 Å². The van der Waals surface area contributed by atoms with Gasteiger partial charge in [0.2, 0.25) is 0 Å². The lowest BCUT2D eigenvalue weighted by atomic mass is 10.2. The minimum Gasteiger partial charge on any atom is -0.457 e. The highest BCUT2D eigenvalue weighted by atomic mass is 79.9. The van der Waals surface area contributed by atoms with Crippen LogP contribution in [0, 0.1) is 6.92 Å². The topological polar surface area (TPSA) is 29.5 Å². The molecule has 0 aliphatic rings. The fraction of sp³-hybridized carbons (Fsp3) is 0.143.